The van der Waals surface area contributed by atoms with Gasteiger partial charge in [0.2, 0.25) is 0 Å². The van der Waals surface area contributed by atoms with Crippen LogP contribution in [-0.4, -0.2) is 19.6 Å². The molecular formula is C63H54N3OPt-. The van der Waals surface area contributed by atoms with Crippen molar-refractivity contribution in [2.24, 2.45) is 0 Å². The third-order valence-electron chi connectivity index (χ3n) is 12.7. The van der Waals surface area contributed by atoms with E-state index in [1.165, 1.54) is 5.56 Å². The quantitative estimate of drug-likeness (QED) is 0.154. The van der Waals surface area contributed by atoms with Crippen LogP contribution in [-0.2, 0) is 31.9 Å². The fourth-order valence-corrected chi connectivity index (χ4v) is 9.00. The molecule has 0 atom stereocenters. The molecule has 4 nitrogen and oxygen atoms in total. The molecule has 68 heavy (non-hydrogen) atoms. The Labute approximate surface area is 419 Å². The molecule has 0 saturated heterocycles. The number of hydrogen-bond acceptors (Lipinski definition) is 3. The maximum Gasteiger partial charge on any atom is 0.148 e. The number of aromatic nitrogens is 3. The third-order valence-corrected chi connectivity index (χ3v) is 12.7. The number of rotatable bonds is 8. The number of pyridine rings is 1. The number of phenolic OH excluding ortho intramolecular Hbond substituents is 1. The van der Waals surface area contributed by atoms with Gasteiger partial charge < -0.3 is 5.11 Å². The van der Waals surface area contributed by atoms with Gasteiger partial charge in [0.25, 0.3) is 0 Å². The van der Waals surface area contributed by atoms with Gasteiger partial charge in [0.1, 0.15) is 11.6 Å². The zero-order valence-corrected chi connectivity index (χ0v) is 41.4. The maximum atomic E-state index is 12.5. The summed E-state index contributed by atoms with van der Waals surface area (Å²) in [6.07, 6.45) is 1.85. The van der Waals surface area contributed by atoms with E-state index >= 15 is 0 Å². The minimum Gasteiger partial charge on any atom is -0.507 e. The number of phenols is 1. The molecule has 0 fully saturated rings. The Morgan fingerprint density at radius 3 is 1.75 bits per heavy atom. The summed E-state index contributed by atoms with van der Waals surface area (Å²) < 4.78 is 28.4. The van der Waals surface area contributed by atoms with Gasteiger partial charge >= 0.3 is 0 Å². The molecule has 0 saturated carbocycles. The van der Waals surface area contributed by atoms with Gasteiger partial charge in [-0.2, -0.15) is 0 Å². The molecule has 0 amide bonds. The van der Waals surface area contributed by atoms with E-state index in [1.54, 1.807) is 6.07 Å². The number of aromatic hydroxyl groups is 1. The fourth-order valence-electron chi connectivity index (χ4n) is 9.00. The first kappa shape index (κ1) is 42.2. The minimum atomic E-state index is -2.43. The summed E-state index contributed by atoms with van der Waals surface area (Å²) in [5.74, 6) is 0.628. The van der Waals surface area contributed by atoms with Crippen molar-refractivity contribution in [3.8, 4) is 89.7 Å². The van der Waals surface area contributed by atoms with E-state index in [0.717, 1.165) is 72.4 Å². The number of imidazole rings is 1. The fraction of sp³-hybridized carbons (Fsp3) is 0.143. The molecule has 0 spiro atoms. The molecule has 5 heteroatoms. The van der Waals surface area contributed by atoms with Crippen molar-refractivity contribution in [1.82, 2.24) is 14.5 Å². The number of hydrogen-bond donors (Lipinski definition) is 1. The van der Waals surface area contributed by atoms with Crippen molar-refractivity contribution in [3.63, 3.8) is 0 Å². The summed E-state index contributed by atoms with van der Waals surface area (Å²) in [7, 11) is 0. The summed E-state index contributed by atoms with van der Waals surface area (Å²) in [4.78, 5) is 10.5. The Morgan fingerprint density at radius 1 is 0.515 bits per heavy atom. The van der Waals surface area contributed by atoms with E-state index in [0.29, 0.717) is 28.2 Å². The zero-order chi connectivity index (χ0) is 49.0. The van der Waals surface area contributed by atoms with Gasteiger partial charge in [0, 0.05) is 48.3 Å². The molecule has 2 heterocycles. The number of nitrogens with zero attached hydrogens (tertiary/aromatic N) is 3. The van der Waals surface area contributed by atoms with E-state index in [1.807, 2.05) is 102 Å². The van der Waals surface area contributed by atoms with Crippen LogP contribution in [0.1, 0.15) is 62.3 Å². The summed E-state index contributed by atoms with van der Waals surface area (Å²) in [6.45, 7) is 10.4. The topological polar surface area (TPSA) is 50.9 Å². The van der Waals surface area contributed by atoms with Crippen LogP contribution < -0.4 is 0 Å². The molecule has 0 unspecified atom stereocenters. The SMILES string of the molecule is [2H]C([2H])([2H])c1cc(-n2c(-c3cc(C(C)(C)C)cc(C(C)(C)C)c3O)nc3c(-c4[c-]c(-c5cc(-c6ccc(-c7ccccc7)cc6)ccn5)cc(-c5ccccc5)c4)cccc32)ccc1-c1ccccc1.[Pt]. The number of para-hydroxylation sites is 1. The van der Waals surface area contributed by atoms with Crippen LogP contribution in [0.2, 0.25) is 0 Å². The number of aryl methyl sites for hydroxylation is 1. The van der Waals surface area contributed by atoms with Crippen LogP contribution in [0.25, 0.3) is 95.0 Å². The summed E-state index contributed by atoms with van der Waals surface area (Å²) in [5, 5.41) is 12.5. The van der Waals surface area contributed by atoms with E-state index in [2.05, 4.69) is 139 Å². The normalized spacial score (nSPS) is 12.5. The molecule has 0 aliphatic rings. The first-order chi connectivity index (χ1) is 33.5. The summed E-state index contributed by atoms with van der Waals surface area (Å²) in [5.41, 5.74) is 15.1. The van der Waals surface area contributed by atoms with Crippen LogP contribution in [0.5, 0.6) is 5.75 Å². The molecule has 0 aliphatic carbocycles. The first-order valence-electron chi connectivity index (χ1n) is 24.4. The van der Waals surface area contributed by atoms with Gasteiger partial charge in [-0.3, -0.25) is 9.55 Å². The smallest absolute Gasteiger partial charge is 0.148 e. The Morgan fingerprint density at radius 2 is 1.12 bits per heavy atom. The van der Waals surface area contributed by atoms with Gasteiger partial charge in [-0.05, 0) is 98.1 Å². The molecule has 10 aromatic rings. The van der Waals surface area contributed by atoms with Crippen LogP contribution in [0.4, 0.5) is 0 Å². The molecule has 10 rings (SSSR count). The largest absolute Gasteiger partial charge is 0.507 e. The molecule has 8 aromatic carbocycles. The van der Waals surface area contributed by atoms with E-state index in [-0.39, 0.29) is 37.8 Å². The average molecular weight is 1070 g/mol. The Bertz CT molecular complexity index is 3540. The van der Waals surface area contributed by atoms with Crippen LogP contribution in [0, 0.1) is 12.9 Å². The van der Waals surface area contributed by atoms with Crippen LogP contribution in [0.15, 0.2) is 194 Å². The predicted octanol–water partition coefficient (Wildman–Crippen LogP) is 16.5. The van der Waals surface area contributed by atoms with Gasteiger partial charge in [-0.25, -0.2) is 4.98 Å². The van der Waals surface area contributed by atoms with Crippen molar-refractivity contribution < 1.29 is 30.3 Å². The zero-order valence-electron chi connectivity index (χ0n) is 42.1. The van der Waals surface area contributed by atoms with Crippen molar-refractivity contribution in [3.05, 3.63) is 217 Å². The van der Waals surface area contributed by atoms with E-state index in [9.17, 15) is 5.11 Å². The second-order valence-corrected chi connectivity index (χ2v) is 19.4. The first-order valence-corrected chi connectivity index (χ1v) is 22.9. The second-order valence-electron chi connectivity index (χ2n) is 19.4. The molecular weight excluding hydrogens is 1010 g/mol. The molecule has 0 radical (unpaired) electrons. The van der Waals surface area contributed by atoms with Crippen molar-refractivity contribution in [2.45, 2.75) is 59.2 Å². The average Bonchev–Trinajstić information content (AvgIpc) is 3.76. The van der Waals surface area contributed by atoms with Gasteiger partial charge in [0.05, 0.1) is 16.6 Å². The summed E-state index contributed by atoms with van der Waals surface area (Å²) >= 11 is 0. The second kappa shape index (κ2) is 18.5. The molecule has 0 aliphatic heterocycles. The van der Waals surface area contributed by atoms with Gasteiger partial charge in [-0.15, -0.1) is 23.8 Å². The Kier molecular flexibility index (Phi) is 11.5. The van der Waals surface area contributed by atoms with Crippen molar-refractivity contribution >= 4 is 11.0 Å². The van der Waals surface area contributed by atoms with Crippen molar-refractivity contribution in [1.29, 1.82) is 0 Å². The molecule has 1 N–H and O–H groups in total. The standard InChI is InChI=1S/C63H54N3O.Pt/c1-41-34-52(30-31-53(41)46-22-15-10-16-23-46)66-58-25-17-24-54(59(58)65-61(66)55-39-51(62(2,3)4)40-56(60(55)67)63(5,6)7)49-35-48(43-20-13-9-14-21-43)36-50(37-49)57-38-47(32-33-64-57)45-28-26-44(27-29-45)42-18-11-8-12-19-42;/h8-36,38-40,67H,1-7H3;/q-1;/i1D3;. The van der Waals surface area contributed by atoms with Crippen LogP contribution >= 0.6 is 0 Å². The van der Waals surface area contributed by atoms with Gasteiger partial charge in [0.15, 0.2) is 0 Å². The van der Waals surface area contributed by atoms with Gasteiger partial charge in [-0.1, -0.05) is 204 Å². The molecule has 338 valence electrons. The molecule has 2 aromatic heterocycles. The Hall–Kier alpha value is -7.13. The molecule has 0 bridgehead atoms. The minimum absolute atomic E-state index is 0. The third kappa shape index (κ3) is 9.02. The summed E-state index contributed by atoms with van der Waals surface area (Å²) in [6, 6.07) is 67.0. The van der Waals surface area contributed by atoms with E-state index < -0.39 is 12.3 Å². The Balaban J connectivity index is 0.00000624. The number of benzene rings is 8. The number of fused-ring (bicyclic) bond motifs is 1. The van der Waals surface area contributed by atoms with Crippen molar-refractivity contribution in [2.75, 3.05) is 0 Å². The van der Waals surface area contributed by atoms with E-state index in [4.69, 9.17) is 14.1 Å². The predicted molar refractivity (Wildman–Crippen MR) is 280 cm³/mol. The maximum absolute atomic E-state index is 12.5. The van der Waals surface area contributed by atoms with Crippen LogP contribution in [0.3, 0.4) is 0 Å². The monoisotopic (exact) mass is 1070 g/mol.